The van der Waals surface area contributed by atoms with Crippen LogP contribution >= 0.6 is 0 Å². The first kappa shape index (κ1) is 35.5. The van der Waals surface area contributed by atoms with Gasteiger partial charge in [0.2, 0.25) is 0 Å². The van der Waals surface area contributed by atoms with Crippen molar-refractivity contribution in [1.82, 2.24) is 10.2 Å². The maximum Gasteiger partial charge on any atom is 0.416 e. The normalized spacial score (nSPS) is 18.0. The summed E-state index contributed by atoms with van der Waals surface area (Å²) in [7, 11) is 0. The highest BCUT2D eigenvalue weighted by Gasteiger charge is 2.31. The first-order valence-corrected chi connectivity index (χ1v) is 14.2. The highest BCUT2D eigenvalue weighted by molar-refractivity contribution is 5.68. The number of benzene rings is 3. The van der Waals surface area contributed by atoms with Gasteiger partial charge >= 0.3 is 18.4 Å². The first-order valence-electron chi connectivity index (χ1n) is 14.2. The Morgan fingerprint density at radius 1 is 0.778 bits per heavy atom. The molecular formula is C33H40F6N2O4. The minimum atomic E-state index is -4.36. The number of carbonyl (C=O) groups is 1. The van der Waals surface area contributed by atoms with Crippen LogP contribution in [0.25, 0.3) is 0 Å². The lowest BCUT2D eigenvalue weighted by Crippen LogP contribution is -2.30. The second-order valence-electron chi connectivity index (χ2n) is 10.7. The van der Waals surface area contributed by atoms with E-state index >= 15 is 0 Å². The topological polar surface area (TPSA) is 60.0 Å². The summed E-state index contributed by atoms with van der Waals surface area (Å²) in [5.41, 5.74) is -0.428. The molecule has 3 aromatic carbocycles. The van der Waals surface area contributed by atoms with Gasteiger partial charge in [-0.3, -0.25) is 0 Å². The highest BCUT2D eigenvalue weighted by Crippen LogP contribution is 2.31. The molecule has 2 aliphatic heterocycles. The number of nitrogens with one attached hydrogen (secondary N) is 1. The number of amides is 1. The van der Waals surface area contributed by atoms with Gasteiger partial charge in [-0.2, -0.15) is 26.3 Å². The quantitative estimate of drug-likeness (QED) is 0.251. The Bertz CT molecular complexity index is 1300. The van der Waals surface area contributed by atoms with Crippen molar-refractivity contribution in [3.05, 3.63) is 95.6 Å². The molecule has 3 aromatic rings. The number of ether oxygens (including phenoxy) is 3. The number of halogens is 6. The van der Waals surface area contributed by atoms with Crippen molar-refractivity contribution in [2.45, 2.75) is 39.2 Å². The lowest BCUT2D eigenvalue weighted by molar-refractivity contribution is -0.138. The van der Waals surface area contributed by atoms with E-state index in [0.717, 1.165) is 55.8 Å². The molecule has 45 heavy (non-hydrogen) atoms. The van der Waals surface area contributed by atoms with Crippen LogP contribution in [-0.2, 0) is 23.7 Å². The predicted molar refractivity (Wildman–Crippen MR) is 160 cm³/mol. The van der Waals surface area contributed by atoms with Crippen molar-refractivity contribution in [3.8, 4) is 11.5 Å². The molecule has 0 bridgehead atoms. The smallest absolute Gasteiger partial charge is 0.416 e. The number of nitrogens with zero attached hydrogens (tertiary/aromatic N) is 1. The SMILES string of the molecule is C.FC(F)(F)c1ccc(OC[C@H]2CCNC2)cc1.O=C(OCc1ccccc1)N1CC[C@H](COc2ccc(C(F)(F)F)cc2)C1.[HH]. The van der Waals surface area contributed by atoms with E-state index in [9.17, 15) is 31.1 Å². The molecule has 2 saturated heterocycles. The molecule has 0 aromatic heterocycles. The molecule has 2 atom stereocenters. The lowest BCUT2D eigenvalue weighted by atomic mass is 10.1. The molecule has 0 spiro atoms. The molecule has 6 nitrogen and oxygen atoms in total. The van der Waals surface area contributed by atoms with Crippen LogP contribution in [0.15, 0.2) is 78.9 Å². The fraction of sp³-hybridized carbons (Fsp3) is 0.424. The summed E-state index contributed by atoms with van der Waals surface area (Å²) in [6, 6.07) is 18.9. The van der Waals surface area contributed by atoms with E-state index in [2.05, 4.69) is 5.32 Å². The minimum absolute atomic E-state index is 0. The number of likely N-dealkylation sites (tertiary alicyclic amines) is 1. The Balaban J connectivity index is 0.000000336. The third-order valence-electron chi connectivity index (χ3n) is 7.25. The molecule has 2 heterocycles. The Morgan fingerprint density at radius 2 is 1.31 bits per heavy atom. The van der Waals surface area contributed by atoms with Crippen LogP contribution in [0.4, 0.5) is 31.1 Å². The van der Waals surface area contributed by atoms with Gasteiger partial charge in [0.05, 0.1) is 24.3 Å². The van der Waals surface area contributed by atoms with Gasteiger partial charge in [0.25, 0.3) is 0 Å². The van der Waals surface area contributed by atoms with Crippen molar-refractivity contribution < 1.29 is 46.8 Å². The number of alkyl halides is 6. The standard InChI is InChI=1S/C20H20F3NO3.C12H14F3NO.CH4.H2/c21-20(22,23)17-6-8-18(9-7-17)26-14-16-10-11-24(12-16)19(25)27-13-15-4-2-1-3-5-15;13-12(14,15)10-1-3-11(4-2-10)17-8-9-5-6-16-7-9;;/h1-9,16H,10-14H2;1-4,9,16H,5-8H2;1H4;1H/t16-;9-;;/m00../s1. The zero-order valence-corrected chi connectivity index (χ0v) is 23.9. The van der Waals surface area contributed by atoms with Crippen molar-refractivity contribution in [1.29, 1.82) is 0 Å². The molecule has 2 aliphatic rings. The van der Waals surface area contributed by atoms with Crippen molar-refractivity contribution >= 4 is 6.09 Å². The first-order chi connectivity index (χ1) is 21.0. The molecule has 0 unspecified atom stereocenters. The monoisotopic (exact) mass is 642 g/mol. The molecule has 248 valence electrons. The van der Waals surface area contributed by atoms with Gasteiger partial charge in [0.1, 0.15) is 18.1 Å². The summed E-state index contributed by atoms with van der Waals surface area (Å²) in [6.07, 6.45) is -7.18. The van der Waals surface area contributed by atoms with E-state index < -0.39 is 23.5 Å². The van der Waals surface area contributed by atoms with Crippen molar-refractivity contribution in [2.24, 2.45) is 11.8 Å². The fourth-order valence-corrected chi connectivity index (χ4v) is 4.71. The van der Waals surface area contributed by atoms with Crippen LogP contribution in [0.5, 0.6) is 11.5 Å². The summed E-state index contributed by atoms with van der Waals surface area (Å²) in [4.78, 5) is 13.8. The third kappa shape index (κ3) is 11.5. The molecule has 1 amide bonds. The predicted octanol–water partition coefficient (Wildman–Crippen LogP) is 8.32. The van der Waals surface area contributed by atoms with E-state index in [1.807, 2.05) is 30.3 Å². The average molecular weight is 643 g/mol. The second kappa shape index (κ2) is 16.4. The Morgan fingerprint density at radius 3 is 1.80 bits per heavy atom. The zero-order chi connectivity index (χ0) is 31.6. The van der Waals surface area contributed by atoms with Crippen LogP contribution in [0.1, 0.15) is 38.4 Å². The summed E-state index contributed by atoms with van der Waals surface area (Å²) in [5.74, 6) is 1.45. The van der Waals surface area contributed by atoms with E-state index in [1.54, 1.807) is 4.90 Å². The Hall–Kier alpha value is -3.93. The second-order valence-corrected chi connectivity index (χ2v) is 10.7. The van der Waals surface area contributed by atoms with Gasteiger partial charge < -0.3 is 24.4 Å². The molecule has 0 radical (unpaired) electrons. The maximum atomic E-state index is 12.6. The van der Waals surface area contributed by atoms with Crippen molar-refractivity contribution in [2.75, 3.05) is 39.4 Å². The van der Waals surface area contributed by atoms with Gasteiger partial charge in [0, 0.05) is 32.9 Å². The minimum Gasteiger partial charge on any atom is -0.493 e. The fourth-order valence-electron chi connectivity index (χ4n) is 4.71. The molecule has 5 rings (SSSR count). The third-order valence-corrected chi connectivity index (χ3v) is 7.25. The molecule has 0 aliphatic carbocycles. The summed E-state index contributed by atoms with van der Waals surface area (Å²) >= 11 is 0. The zero-order valence-electron chi connectivity index (χ0n) is 23.9. The van der Waals surface area contributed by atoms with Gasteiger partial charge in [-0.1, -0.05) is 37.8 Å². The van der Waals surface area contributed by atoms with Crippen LogP contribution in [0.2, 0.25) is 0 Å². The Kier molecular flexibility index (Phi) is 13.0. The van der Waals surface area contributed by atoms with E-state index in [0.29, 0.717) is 43.7 Å². The van der Waals surface area contributed by atoms with Gasteiger partial charge in [-0.05, 0) is 73.5 Å². The van der Waals surface area contributed by atoms with Gasteiger partial charge in [-0.15, -0.1) is 0 Å². The molecule has 0 saturated carbocycles. The van der Waals surface area contributed by atoms with Gasteiger partial charge in [0.15, 0.2) is 0 Å². The van der Waals surface area contributed by atoms with Crippen LogP contribution in [0.3, 0.4) is 0 Å². The average Bonchev–Trinajstić information content (AvgIpc) is 3.71. The van der Waals surface area contributed by atoms with E-state index in [1.165, 1.54) is 24.3 Å². The van der Waals surface area contributed by atoms with Crippen LogP contribution < -0.4 is 14.8 Å². The molecule has 12 heteroatoms. The number of hydrogen-bond acceptors (Lipinski definition) is 5. The van der Waals surface area contributed by atoms with Gasteiger partial charge in [-0.25, -0.2) is 4.79 Å². The largest absolute Gasteiger partial charge is 0.493 e. The number of rotatable bonds is 8. The Labute approximate surface area is 260 Å². The lowest BCUT2D eigenvalue weighted by Gasteiger charge is -2.17. The summed E-state index contributed by atoms with van der Waals surface area (Å²) in [6.45, 7) is 4.11. The molecular weight excluding hydrogens is 602 g/mol. The molecule has 1 N–H and O–H groups in total. The number of hydrogen-bond donors (Lipinski definition) is 1. The maximum absolute atomic E-state index is 12.6. The van der Waals surface area contributed by atoms with E-state index in [4.69, 9.17) is 14.2 Å². The van der Waals surface area contributed by atoms with Crippen LogP contribution in [0, 0.1) is 11.8 Å². The van der Waals surface area contributed by atoms with E-state index in [-0.39, 0.29) is 27.5 Å². The molecule has 2 fully saturated rings. The summed E-state index contributed by atoms with van der Waals surface area (Å²) in [5, 5.41) is 3.21. The summed E-state index contributed by atoms with van der Waals surface area (Å²) < 4.78 is 90.9. The number of carbonyl (C=O) groups excluding carboxylic acids is 1. The van der Waals surface area contributed by atoms with Crippen LogP contribution in [-0.4, -0.2) is 50.4 Å². The highest BCUT2D eigenvalue weighted by atomic mass is 19.4. The van der Waals surface area contributed by atoms with Crippen molar-refractivity contribution in [3.63, 3.8) is 0 Å².